The monoisotopic (exact) mass is 742 g/mol. The minimum absolute atomic E-state index is 1.16. The van der Waals surface area contributed by atoms with Crippen LogP contribution in [0.3, 0.4) is 0 Å². The van der Waals surface area contributed by atoms with Gasteiger partial charge >= 0.3 is 0 Å². The van der Waals surface area contributed by atoms with Crippen LogP contribution in [-0.4, -0.2) is 9.13 Å². The summed E-state index contributed by atoms with van der Waals surface area (Å²) < 4.78 is 7.49. The molecule has 3 aromatic heterocycles. The Balaban J connectivity index is 0.949. The molecule has 9 aromatic carbocycles. The molecule has 12 aromatic rings. The Kier molecular flexibility index (Phi) is 7.13. The van der Waals surface area contributed by atoms with Crippen LogP contribution in [0.5, 0.6) is 0 Å². The summed E-state index contributed by atoms with van der Waals surface area (Å²) in [7, 11) is 0. The summed E-state index contributed by atoms with van der Waals surface area (Å²) in [5.74, 6) is 0. The summed E-state index contributed by atoms with van der Waals surface area (Å²) in [6.45, 7) is 0. The number of aromatic nitrogens is 2. The first-order valence-electron chi connectivity index (χ1n) is 19.5. The van der Waals surface area contributed by atoms with Crippen LogP contribution in [-0.2, 0) is 0 Å². The molecule has 0 unspecified atom stereocenters. The number of hydrogen-bond donors (Lipinski definition) is 0. The zero-order valence-corrected chi connectivity index (χ0v) is 31.7. The molecule has 0 bridgehead atoms. The lowest BCUT2D eigenvalue weighted by Gasteiger charge is -2.11. The first kappa shape index (κ1) is 32.1. The van der Waals surface area contributed by atoms with Crippen LogP contribution in [0, 0.1) is 0 Å². The fourth-order valence-corrected chi connectivity index (χ4v) is 10.1. The Morgan fingerprint density at radius 2 is 0.702 bits per heavy atom. The van der Waals surface area contributed by atoms with Gasteiger partial charge < -0.3 is 9.13 Å². The van der Waals surface area contributed by atoms with Crippen molar-refractivity contribution >= 4 is 75.1 Å². The Hall–Kier alpha value is -7.20. The lowest BCUT2D eigenvalue weighted by atomic mass is 10.0. The van der Waals surface area contributed by atoms with E-state index >= 15 is 0 Å². The number of para-hydroxylation sites is 2. The second-order valence-electron chi connectivity index (χ2n) is 14.9. The molecular weight excluding hydrogens is 709 g/mol. The van der Waals surface area contributed by atoms with Gasteiger partial charge in [-0.15, -0.1) is 11.3 Å². The third kappa shape index (κ3) is 5.10. The third-order valence-electron chi connectivity index (χ3n) is 11.7. The van der Waals surface area contributed by atoms with E-state index < -0.39 is 0 Å². The second-order valence-corrected chi connectivity index (χ2v) is 16.0. The molecule has 0 N–H and O–H groups in total. The van der Waals surface area contributed by atoms with Crippen molar-refractivity contribution < 1.29 is 0 Å². The number of fused-ring (bicyclic) bond motifs is 9. The van der Waals surface area contributed by atoms with E-state index in [-0.39, 0.29) is 0 Å². The third-order valence-corrected chi connectivity index (χ3v) is 12.9. The van der Waals surface area contributed by atoms with Gasteiger partial charge in [0.15, 0.2) is 0 Å². The predicted octanol–water partition coefficient (Wildman–Crippen LogP) is 15.2. The van der Waals surface area contributed by atoms with Crippen LogP contribution >= 0.6 is 11.3 Å². The van der Waals surface area contributed by atoms with Gasteiger partial charge in [-0.2, -0.15) is 0 Å². The van der Waals surface area contributed by atoms with Gasteiger partial charge in [-0.25, -0.2) is 0 Å². The maximum absolute atomic E-state index is 2.41. The Morgan fingerprint density at radius 3 is 1.40 bits per heavy atom. The van der Waals surface area contributed by atoms with E-state index in [0.717, 1.165) is 11.4 Å². The molecule has 0 radical (unpaired) electrons. The zero-order valence-electron chi connectivity index (χ0n) is 30.9. The van der Waals surface area contributed by atoms with E-state index in [9.17, 15) is 0 Å². The Bertz CT molecular complexity index is 3510. The highest BCUT2D eigenvalue weighted by Gasteiger charge is 2.17. The van der Waals surface area contributed by atoms with Crippen molar-refractivity contribution in [2.24, 2.45) is 0 Å². The quantitative estimate of drug-likeness (QED) is 0.166. The SMILES string of the molecule is c1ccc(-c2cccc(-n3c4ccccc4c4cc(-c5ccc6c(c5)c5ccccc5n6-c5ccc(-c6ccc7sc8ccccc8c7c6)cc5)ccc43)c2)cc1. The molecular formula is C54H34N2S. The van der Waals surface area contributed by atoms with Crippen molar-refractivity contribution in [2.45, 2.75) is 0 Å². The molecule has 0 aliphatic heterocycles. The summed E-state index contributed by atoms with van der Waals surface area (Å²) in [6.07, 6.45) is 0. The average Bonchev–Trinajstić information content (AvgIpc) is 3.94. The maximum atomic E-state index is 2.41. The van der Waals surface area contributed by atoms with Gasteiger partial charge in [-0.1, -0.05) is 127 Å². The molecule has 0 saturated carbocycles. The molecule has 0 aliphatic carbocycles. The van der Waals surface area contributed by atoms with Gasteiger partial charge in [-0.3, -0.25) is 0 Å². The van der Waals surface area contributed by atoms with Crippen molar-refractivity contribution in [3.8, 4) is 44.8 Å². The fraction of sp³-hybridized carbons (Fsp3) is 0. The standard InChI is InChI=1S/C54H34N2S/c1-2-11-35(12-3-1)37-13-10-14-42(31-37)56-50-19-8-5-16-44(50)47-33-40(24-29-52(47)56)39-23-28-51-46(32-39)43-15-4-7-18-49(43)55(51)41-26-21-36(22-27-41)38-25-30-54-48(34-38)45-17-6-9-20-53(45)57-54/h1-34H. The number of nitrogens with zero attached hydrogens (tertiary/aromatic N) is 2. The molecule has 0 aliphatic rings. The van der Waals surface area contributed by atoms with Gasteiger partial charge in [0, 0.05) is 53.1 Å². The smallest absolute Gasteiger partial charge is 0.0541 e. The van der Waals surface area contributed by atoms with Crippen LogP contribution in [0.4, 0.5) is 0 Å². The molecule has 3 heterocycles. The molecule has 0 atom stereocenters. The van der Waals surface area contributed by atoms with E-state index in [2.05, 4.69) is 215 Å². The normalized spacial score (nSPS) is 11.9. The van der Waals surface area contributed by atoms with E-state index in [1.54, 1.807) is 0 Å². The summed E-state index contributed by atoms with van der Waals surface area (Å²) in [5.41, 5.74) is 14.5. The highest BCUT2D eigenvalue weighted by atomic mass is 32.1. The van der Waals surface area contributed by atoms with Crippen molar-refractivity contribution in [2.75, 3.05) is 0 Å². The summed E-state index contributed by atoms with van der Waals surface area (Å²) in [4.78, 5) is 0. The number of rotatable bonds is 5. The van der Waals surface area contributed by atoms with Crippen LogP contribution in [0.1, 0.15) is 0 Å². The number of thiophene rings is 1. The topological polar surface area (TPSA) is 9.86 Å². The van der Waals surface area contributed by atoms with Crippen molar-refractivity contribution in [1.82, 2.24) is 9.13 Å². The minimum atomic E-state index is 1.16. The molecule has 266 valence electrons. The van der Waals surface area contributed by atoms with E-state index in [1.807, 2.05) is 11.3 Å². The lowest BCUT2D eigenvalue weighted by molar-refractivity contribution is 1.18. The van der Waals surface area contributed by atoms with Crippen molar-refractivity contribution in [3.63, 3.8) is 0 Å². The second kappa shape index (κ2) is 12.7. The Morgan fingerprint density at radius 1 is 0.246 bits per heavy atom. The van der Waals surface area contributed by atoms with Gasteiger partial charge in [0.05, 0.1) is 22.1 Å². The highest BCUT2D eigenvalue weighted by molar-refractivity contribution is 7.25. The molecule has 12 rings (SSSR count). The van der Waals surface area contributed by atoms with Gasteiger partial charge in [0.25, 0.3) is 0 Å². The molecule has 0 saturated heterocycles. The first-order valence-corrected chi connectivity index (χ1v) is 20.3. The summed E-state index contributed by atoms with van der Waals surface area (Å²) in [6, 6.07) is 75.7. The summed E-state index contributed by atoms with van der Waals surface area (Å²) >= 11 is 1.86. The largest absolute Gasteiger partial charge is 0.309 e. The predicted molar refractivity (Wildman–Crippen MR) is 244 cm³/mol. The van der Waals surface area contributed by atoms with Crippen LogP contribution in [0.15, 0.2) is 206 Å². The van der Waals surface area contributed by atoms with Gasteiger partial charge in [-0.05, 0) is 112 Å². The minimum Gasteiger partial charge on any atom is -0.309 e. The van der Waals surface area contributed by atoms with Crippen LogP contribution < -0.4 is 0 Å². The van der Waals surface area contributed by atoms with E-state index in [0.29, 0.717) is 0 Å². The molecule has 57 heavy (non-hydrogen) atoms. The maximum Gasteiger partial charge on any atom is 0.0541 e. The zero-order chi connectivity index (χ0) is 37.5. The number of hydrogen-bond acceptors (Lipinski definition) is 1. The van der Waals surface area contributed by atoms with Gasteiger partial charge in [0.2, 0.25) is 0 Å². The Labute approximate surface area is 333 Å². The van der Waals surface area contributed by atoms with Crippen molar-refractivity contribution in [3.05, 3.63) is 206 Å². The fourth-order valence-electron chi connectivity index (χ4n) is 9.03. The molecule has 0 spiro atoms. The average molecular weight is 743 g/mol. The molecule has 0 fully saturated rings. The van der Waals surface area contributed by atoms with E-state index in [4.69, 9.17) is 0 Å². The van der Waals surface area contributed by atoms with Gasteiger partial charge in [0.1, 0.15) is 0 Å². The molecule has 2 nitrogen and oxygen atoms in total. The van der Waals surface area contributed by atoms with Crippen molar-refractivity contribution in [1.29, 1.82) is 0 Å². The highest BCUT2D eigenvalue weighted by Crippen LogP contribution is 2.40. The van der Waals surface area contributed by atoms with E-state index in [1.165, 1.54) is 97.2 Å². The lowest BCUT2D eigenvalue weighted by Crippen LogP contribution is -1.94. The first-order chi connectivity index (χ1) is 28.2. The number of benzene rings is 9. The van der Waals surface area contributed by atoms with Crippen LogP contribution in [0.2, 0.25) is 0 Å². The molecule has 0 amide bonds. The summed E-state index contributed by atoms with van der Waals surface area (Å²) in [5, 5.41) is 7.67. The molecule has 3 heteroatoms. The van der Waals surface area contributed by atoms with Crippen LogP contribution in [0.25, 0.3) is 109 Å².